The van der Waals surface area contributed by atoms with E-state index in [2.05, 4.69) is 5.32 Å². The van der Waals surface area contributed by atoms with Crippen molar-refractivity contribution in [3.63, 3.8) is 0 Å². The fraction of sp³-hybridized carbons (Fsp3) is 0.333. The van der Waals surface area contributed by atoms with Gasteiger partial charge >= 0.3 is 0 Å². The molecule has 1 aromatic carbocycles. The largest absolute Gasteiger partial charge is 0.349 e. The van der Waals surface area contributed by atoms with Crippen LogP contribution in [0.5, 0.6) is 0 Å². The van der Waals surface area contributed by atoms with Crippen LogP contribution in [-0.4, -0.2) is 24.4 Å². The first-order valence-corrected chi connectivity index (χ1v) is 5.99. The summed E-state index contributed by atoms with van der Waals surface area (Å²) in [5, 5.41) is 2.78. The summed E-state index contributed by atoms with van der Waals surface area (Å²) in [4.78, 5) is 24.7. The van der Waals surface area contributed by atoms with Crippen molar-refractivity contribution in [2.45, 2.75) is 19.5 Å². The van der Waals surface area contributed by atoms with E-state index in [1.54, 1.807) is 24.0 Å². The monoisotopic (exact) mass is 267 g/mol. The maximum atomic E-state index is 11.6. The molecule has 1 saturated heterocycles. The van der Waals surface area contributed by atoms with Crippen molar-refractivity contribution in [3.8, 4) is 0 Å². The zero-order chi connectivity index (χ0) is 13.3. The van der Waals surface area contributed by atoms with Crippen LogP contribution in [-0.2, 0) is 16.1 Å². The minimum absolute atomic E-state index is 0.120. The van der Waals surface area contributed by atoms with Crippen LogP contribution in [0.15, 0.2) is 18.2 Å². The van der Waals surface area contributed by atoms with E-state index in [9.17, 15) is 9.59 Å². The number of benzene rings is 1. The summed E-state index contributed by atoms with van der Waals surface area (Å²) in [6.45, 7) is 2.25. The Morgan fingerprint density at radius 1 is 1.50 bits per heavy atom. The van der Waals surface area contributed by atoms with Gasteiger partial charge in [-0.1, -0.05) is 17.7 Å². The highest BCUT2D eigenvalue weighted by Gasteiger charge is 2.31. The zero-order valence-corrected chi connectivity index (χ0v) is 10.7. The van der Waals surface area contributed by atoms with Gasteiger partial charge in [-0.05, 0) is 24.6 Å². The van der Waals surface area contributed by atoms with Crippen LogP contribution >= 0.6 is 11.6 Å². The molecule has 0 spiro atoms. The molecular formula is C12H14ClN3O2. The van der Waals surface area contributed by atoms with Gasteiger partial charge in [-0.3, -0.25) is 14.9 Å². The van der Waals surface area contributed by atoms with Gasteiger partial charge in [-0.15, -0.1) is 0 Å². The van der Waals surface area contributed by atoms with E-state index in [-0.39, 0.29) is 18.4 Å². The number of amides is 2. The number of nitrogens with two attached hydrogens (primary N) is 1. The predicted molar refractivity (Wildman–Crippen MR) is 69.3 cm³/mol. The predicted octanol–water partition coefficient (Wildman–Crippen LogP) is 0.650. The van der Waals surface area contributed by atoms with Crippen molar-refractivity contribution in [2.24, 2.45) is 5.73 Å². The highest BCUT2D eigenvalue weighted by atomic mass is 35.5. The third-order valence-electron chi connectivity index (χ3n) is 2.98. The molecule has 3 N–H and O–H groups in total. The Hall–Kier alpha value is -1.59. The zero-order valence-electron chi connectivity index (χ0n) is 9.94. The fourth-order valence-electron chi connectivity index (χ4n) is 1.92. The molecule has 0 aromatic heterocycles. The van der Waals surface area contributed by atoms with Crippen LogP contribution in [0, 0.1) is 0 Å². The van der Waals surface area contributed by atoms with Gasteiger partial charge < -0.3 is 10.6 Å². The molecule has 5 nitrogen and oxygen atoms in total. The minimum Gasteiger partial charge on any atom is -0.349 e. The first kappa shape index (κ1) is 12.9. The third-order valence-corrected chi connectivity index (χ3v) is 3.28. The van der Waals surface area contributed by atoms with Gasteiger partial charge in [0.1, 0.15) is 6.04 Å². The van der Waals surface area contributed by atoms with Crippen molar-refractivity contribution < 1.29 is 9.59 Å². The molecule has 1 fully saturated rings. The Labute approximate surface area is 110 Å². The Bertz CT molecular complexity index is 504. The summed E-state index contributed by atoms with van der Waals surface area (Å²) >= 11 is 6.16. The number of halogens is 1. The smallest absolute Gasteiger partial charge is 0.249 e. The summed E-state index contributed by atoms with van der Waals surface area (Å²) < 4.78 is 0. The second-order valence-electron chi connectivity index (χ2n) is 4.21. The molecule has 0 saturated carbocycles. The topological polar surface area (TPSA) is 75.4 Å². The van der Waals surface area contributed by atoms with Crippen LogP contribution in [0.25, 0.3) is 0 Å². The third kappa shape index (κ3) is 2.32. The molecule has 1 aliphatic heterocycles. The van der Waals surface area contributed by atoms with Gasteiger partial charge in [0.15, 0.2) is 0 Å². The number of nitrogens with one attached hydrogen (secondary N) is 1. The van der Waals surface area contributed by atoms with Crippen LogP contribution in [0.1, 0.15) is 12.5 Å². The van der Waals surface area contributed by atoms with E-state index in [4.69, 9.17) is 17.3 Å². The average Bonchev–Trinajstić information content (AvgIpc) is 2.34. The van der Waals surface area contributed by atoms with Gasteiger partial charge in [0, 0.05) is 6.54 Å². The number of carbonyl (C=O) groups is 2. The van der Waals surface area contributed by atoms with E-state index in [1.165, 1.54) is 0 Å². The van der Waals surface area contributed by atoms with Crippen LogP contribution in [0.3, 0.4) is 0 Å². The van der Waals surface area contributed by atoms with Crippen molar-refractivity contribution in [3.05, 3.63) is 28.8 Å². The van der Waals surface area contributed by atoms with Crippen LogP contribution < -0.4 is 16.0 Å². The second-order valence-corrected chi connectivity index (χ2v) is 4.61. The number of hydrogen-bond donors (Lipinski definition) is 2. The molecule has 18 heavy (non-hydrogen) atoms. The molecule has 2 rings (SSSR count). The summed E-state index contributed by atoms with van der Waals surface area (Å²) in [6.07, 6.45) is 0. The number of hydrogen-bond acceptors (Lipinski definition) is 4. The number of piperazine rings is 1. The molecule has 1 aromatic rings. The first-order chi connectivity index (χ1) is 8.52. The minimum atomic E-state index is -0.427. The number of rotatable bonds is 2. The lowest BCUT2D eigenvalue weighted by atomic mass is 10.1. The summed E-state index contributed by atoms with van der Waals surface area (Å²) in [7, 11) is 0. The molecule has 1 atom stereocenters. The van der Waals surface area contributed by atoms with E-state index < -0.39 is 6.04 Å². The Morgan fingerprint density at radius 2 is 2.22 bits per heavy atom. The number of nitrogens with zero attached hydrogens (tertiary/aromatic N) is 1. The summed E-state index contributed by atoms with van der Waals surface area (Å²) in [5.41, 5.74) is 7.11. The van der Waals surface area contributed by atoms with E-state index in [1.807, 2.05) is 6.07 Å². The first-order valence-electron chi connectivity index (χ1n) is 5.61. The average molecular weight is 268 g/mol. The molecule has 6 heteroatoms. The highest BCUT2D eigenvalue weighted by molar-refractivity contribution is 6.33. The number of imide groups is 1. The van der Waals surface area contributed by atoms with Crippen molar-refractivity contribution in [2.75, 3.05) is 11.4 Å². The summed E-state index contributed by atoms with van der Waals surface area (Å²) in [6, 6.07) is 4.95. The van der Waals surface area contributed by atoms with Crippen molar-refractivity contribution >= 4 is 29.1 Å². The number of carbonyl (C=O) groups excluding carboxylic acids is 2. The van der Waals surface area contributed by atoms with Gasteiger partial charge in [0.25, 0.3) is 0 Å². The Balaban J connectivity index is 2.35. The maximum Gasteiger partial charge on any atom is 0.249 e. The lowest BCUT2D eigenvalue weighted by molar-refractivity contribution is -0.132. The number of anilines is 1. The maximum absolute atomic E-state index is 11.6. The van der Waals surface area contributed by atoms with E-state index in [0.29, 0.717) is 17.3 Å². The van der Waals surface area contributed by atoms with E-state index >= 15 is 0 Å². The normalized spacial score (nSPS) is 19.9. The molecule has 1 heterocycles. The van der Waals surface area contributed by atoms with Crippen molar-refractivity contribution in [1.82, 2.24) is 5.32 Å². The molecular weight excluding hydrogens is 254 g/mol. The molecule has 0 bridgehead atoms. The second kappa shape index (κ2) is 4.96. The Morgan fingerprint density at radius 3 is 2.83 bits per heavy atom. The molecule has 0 aliphatic carbocycles. The van der Waals surface area contributed by atoms with Crippen molar-refractivity contribution in [1.29, 1.82) is 0 Å². The molecule has 1 unspecified atom stereocenters. The fourth-order valence-corrected chi connectivity index (χ4v) is 2.23. The molecule has 0 radical (unpaired) electrons. The van der Waals surface area contributed by atoms with Gasteiger partial charge in [-0.25, -0.2) is 0 Å². The van der Waals surface area contributed by atoms with Crippen LogP contribution in [0.4, 0.5) is 5.69 Å². The van der Waals surface area contributed by atoms with Gasteiger partial charge in [-0.2, -0.15) is 0 Å². The molecule has 1 aliphatic rings. The van der Waals surface area contributed by atoms with Crippen LogP contribution in [0.2, 0.25) is 5.02 Å². The standard InChI is InChI=1S/C12H14ClN3O2/c1-7-12(18)15-11(17)6-16(7)10-3-2-8(5-14)4-9(10)13/h2-4,7H,5-6,14H2,1H3,(H,15,17,18). The highest BCUT2D eigenvalue weighted by Crippen LogP contribution is 2.29. The van der Waals surface area contributed by atoms with E-state index in [0.717, 1.165) is 5.56 Å². The van der Waals surface area contributed by atoms with Gasteiger partial charge in [0.2, 0.25) is 11.8 Å². The van der Waals surface area contributed by atoms with Gasteiger partial charge in [0.05, 0.1) is 17.3 Å². The SMILES string of the molecule is CC1C(=O)NC(=O)CN1c1ccc(CN)cc1Cl. The Kier molecular flexibility index (Phi) is 3.54. The molecule has 96 valence electrons. The summed E-state index contributed by atoms with van der Waals surface area (Å²) in [5.74, 6) is -0.637. The lowest BCUT2D eigenvalue weighted by Gasteiger charge is -2.34. The molecule has 2 amide bonds. The quantitative estimate of drug-likeness (QED) is 0.772. The lowest BCUT2D eigenvalue weighted by Crippen LogP contribution is -2.57.